The molecule has 2 heteroatoms. The molecule has 1 aromatic rings. The summed E-state index contributed by atoms with van der Waals surface area (Å²) in [5.74, 6) is 0.209. The molecule has 0 radical (unpaired) electrons. The van der Waals surface area contributed by atoms with Crippen molar-refractivity contribution in [2.45, 2.75) is 13.3 Å². The fourth-order valence-corrected chi connectivity index (χ4v) is 1.32. The van der Waals surface area contributed by atoms with Gasteiger partial charge in [-0.3, -0.25) is 4.79 Å². The molecule has 0 heterocycles. The molecule has 58 valence electrons. The lowest BCUT2D eigenvalue weighted by atomic mass is 10.1. The van der Waals surface area contributed by atoms with Crippen LogP contribution in [0, 0.1) is 0 Å². The standard InChI is InChI=1S/C9H11OP/c1-7(10)5-8-3-2-4-9(11)6-8/h2-4,6H,5,11H2,1H3. The number of carbonyl (C=O) groups excluding carboxylic acids is 1. The van der Waals surface area contributed by atoms with Gasteiger partial charge in [0.1, 0.15) is 5.78 Å². The van der Waals surface area contributed by atoms with E-state index in [9.17, 15) is 4.79 Å². The summed E-state index contributed by atoms with van der Waals surface area (Å²) in [7, 11) is 2.61. The summed E-state index contributed by atoms with van der Waals surface area (Å²) in [6.07, 6.45) is 0.544. The van der Waals surface area contributed by atoms with Gasteiger partial charge in [0.15, 0.2) is 0 Å². The highest BCUT2D eigenvalue weighted by Crippen LogP contribution is 2.00. The molecule has 0 aliphatic heterocycles. The summed E-state index contributed by atoms with van der Waals surface area (Å²) in [5, 5.41) is 1.13. The zero-order valence-electron chi connectivity index (χ0n) is 6.50. The summed E-state index contributed by atoms with van der Waals surface area (Å²) in [5.41, 5.74) is 1.09. The Hall–Kier alpha value is -0.680. The molecule has 0 N–H and O–H groups in total. The van der Waals surface area contributed by atoms with Crippen LogP contribution in [0.2, 0.25) is 0 Å². The monoisotopic (exact) mass is 166 g/mol. The van der Waals surface area contributed by atoms with Crippen molar-refractivity contribution in [1.29, 1.82) is 0 Å². The van der Waals surface area contributed by atoms with Crippen molar-refractivity contribution in [1.82, 2.24) is 0 Å². The van der Waals surface area contributed by atoms with Crippen molar-refractivity contribution in [3.63, 3.8) is 0 Å². The molecule has 0 saturated heterocycles. The zero-order valence-corrected chi connectivity index (χ0v) is 7.66. The molecule has 1 aromatic carbocycles. The minimum atomic E-state index is 0.209. The highest BCUT2D eigenvalue weighted by atomic mass is 31.0. The van der Waals surface area contributed by atoms with Crippen LogP contribution in [0.4, 0.5) is 0 Å². The maximum atomic E-state index is 10.7. The summed E-state index contributed by atoms with van der Waals surface area (Å²) < 4.78 is 0. The van der Waals surface area contributed by atoms with Crippen molar-refractivity contribution < 1.29 is 4.79 Å². The maximum Gasteiger partial charge on any atom is 0.134 e. The van der Waals surface area contributed by atoms with Crippen LogP contribution in [0.5, 0.6) is 0 Å². The number of hydrogen-bond donors (Lipinski definition) is 0. The van der Waals surface area contributed by atoms with Gasteiger partial charge in [-0.2, -0.15) is 0 Å². The van der Waals surface area contributed by atoms with Crippen LogP contribution < -0.4 is 5.30 Å². The number of benzene rings is 1. The first kappa shape index (κ1) is 8.42. The quantitative estimate of drug-likeness (QED) is 0.605. The van der Waals surface area contributed by atoms with E-state index in [2.05, 4.69) is 9.24 Å². The van der Waals surface area contributed by atoms with Crippen LogP contribution in [0.3, 0.4) is 0 Å². The molecule has 0 aromatic heterocycles. The summed E-state index contributed by atoms with van der Waals surface area (Å²) in [6.45, 7) is 1.61. The second-order valence-corrected chi connectivity index (χ2v) is 3.29. The fourth-order valence-electron chi connectivity index (χ4n) is 0.991. The number of rotatable bonds is 2. The van der Waals surface area contributed by atoms with Gasteiger partial charge in [-0.05, 0) is 17.8 Å². The Morgan fingerprint density at radius 1 is 1.55 bits per heavy atom. The van der Waals surface area contributed by atoms with E-state index in [4.69, 9.17) is 0 Å². The Balaban J connectivity index is 2.79. The molecule has 11 heavy (non-hydrogen) atoms. The molecular weight excluding hydrogens is 155 g/mol. The topological polar surface area (TPSA) is 17.1 Å². The summed E-state index contributed by atoms with van der Waals surface area (Å²) >= 11 is 0. The van der Waals surface area contributed by atoms with Crippen molar-refractivity contribution >= 4 is 20.3 Å². The van der Waals surface area contributed by atoms with E-state index in [-0.39, 0.29) is 5.78 Å². The average molecular weight is 166 g/mol. The molecule has 0 amide bonds. The number of ketones is 1. The van der Waals surface area contributed by atoms with Crippen molar-refractivity contribution in [3.05, 3.63) is 29.8 Å². The molecule has 1 nitrogen and oxygen atoms in total. The molecule has 0 saturated carbocycles. The van der Waals surface area contributed by atoms with Gasteiger partial charge < -0.3 is 0 Å². The molecule has 0 spiro atoms. The lowest BCUT2D eigenvalue weighted by Crippen LogP contribution is -1.99. The van der Waals surface area contributed by atoms with Crippen LogP contribution in [0.25, 0.3) is 0 Å². The van der Waals surface area contributed by atoms with Crippen molar-refractivity contribution in [2.75, 3.05) is 0 Å². The fraction of sp³-hybridized carbons (Fsp3) is 0.222. The van der Waals surface area contributed by atoms with Gasteiger partial charge in [0, 0.05) is 6.42 Å². The Bertz CT molecular complexity index is 268. The SMILES string of the molecule is CC(=O)Cc1cccc(P)c1. The van der Waals surface area contributed by atoms with Gasteiger partial charge >= 0.3 is 0 Å². The van der Waals surface area contributed by atoms with E-state index in [1.165, 1.54) is 0 Å². The molecule has 1 unspecified atom stereocenters. The van der Waals surface area contributed by atoms with E-state index in [0.717, 1.165) is 10.9 Å². The lowest BCUT2D eigenvalue weighted by Gasteiger charge is -1.97. The first-order chi connectivity index (χ1) is 5.18. The number of carbonyl (C=O) groups is 1. The third kappa shape index (κ3) is 2.81. The molecule has 1 rings (SSSR count). The van der Waals surface area contributed by atoms with Gasteiger partial charge in [-0.15, -0.1) is 9.24 Å². The molecule has 0 bridgehead atoms. The second kappa shape index (κ2) is 3.64. The Morgan fingerprint density at radius 2 is 2.27 bits per heavy atom. The Morgan fingerprint density at radius 3 is 2.82 bits per heavy atom. The van der Waals surface area contributed by atoms with Crippen LogP contribution in [0.1, 0.15) is 12.5 Å². The van der Waals surface area contributed by atoms with Crippen molar-refractivity contribution in [2.24, 2.45) is 0 Å². The van der Waals surface area contributed by atoms with Gasteiger partial charge in [0.25, 0.3) is 0 Å². The smallest absolute Gasteiger partial charge is 0.134 e. The van der Waals surface area contributed by atoms with Crippen LogP contribution in [-0.2, 0) is 11.2 Å². The van der Waals surface area contributed by atoms with E-state index in [1.54, 1.807) is 6.92 Å². The van der Waals surface area contributed by atoms with Gasteiger partial charge in [-0.1, -0.05) is 24.3 Å². The third-order valence-corrected chi connectivity index (χ3v) is 1.76. The third-order valence-electron chi connectivity index (χ3n) is 1.40. The largest absolute Gasteiger partial charge is 0.300 e. The normalized spacial score (nSPS) is 9.64. The van der Waals surface area contributed by atoms with E-state index < -0.39 is 0 Å². The molecule has 0 aliphatic rings. The summed E-state index contributed by atoms with van der Waals surface area (Å²) in [6, 6.07) is 7.93. The molecular formula is C9H11OP. The first-order valence-electron chi connectivity index (χ1n) is 3.52. The maximum absolute atomic E-state index is 10.7. The van der Waals surface area contributed by atoms with Crippen LogP contribution in [-0.4, -0.2) is 5.78 Å². The predicted octanol–water partition coefficient (Wildman–Crippen LogP) is 1.32. The summed E-state index contributed by atoms with van der Waals surface area (Å²) in [4.78, 5) is 10.7. The van der Waals surface area contributed by atoms with E-state index in [1.807, 2.05) is 24.3 Å². The average Bonchev–Trinajstić information content (AvgIpc) is 1.85. The molecule has 1 atom stereocenters. The van der Waals surface area contributed by atoms with E-state index in [0.29, 0.717) is 6.42 Å². The minimum absolute atomic E-state index is 0.209. The van der Waals surface area contributed by atoms with E-state index >= 15 is 0 Å². The van der Waals surface area contributed by atoms with Gasteiger partial charge in [0.2, 0.25) is 0 Å². The molecule has 0 fully saturated rings. The zero-order chi connectivity index (χ0) is 8.27. The van der Waals surface area contributed by atoms with Crippen molar-refractivity contribution in [3.8, 4) is 0 Å². The minimum Gasteiger partial charge on any atom is -0.300 e. The Labute approximate surface area is 69.0 Å². The Kier molecular flexibility index (Phi) is 2.78. The first-order valence-corrected chi connectivity index (χ1v) is 4.10. The van der Waals surface area contributed by atoms with Gasteiger partial charge in [-0.25, -0.2) is 0 Å². The predicted molar refractivity (Wildman–Crippen MR) is 50.2 cm³/mol. The van der Waals surface area contributed by atoms with Crippen LogP contribution in [0.15, 0.2) is 24.3 Å². The van der Waals surface area contributed by atoms with Crippen LogP contribution >= 0.6 is 9.24 Å². The second-order valence-electron chi connectivity index (χ2n) is 2.62. The number of Topliss-reactive ketones (excluding diaryl/α,β-unsaturated/α-hetero) is 1. The highest BCUT2D eigenvalue weighted by Gasteiger charge is 1.95. The molecule has 0 aliphatic carbocycles. The van der Waals surface area contributed by atoms with Gasteiger partial charge in [0.05, 0.1) is 0 Å². The lowest BCUT2D eigenvalue weighted by molar-refractivity contribution is -0.116. The highest BCUT2D eigenvalue weighted by molar-refractivity contribution is 7.27. The number of hydrogen-bond acceptors (Lipinski definition) is 1.